The van der Waals surface area contributed by atoms with Gasteiger partial charge in [0.15, 0.2) is 0 Å². The van der Waals surface area contributed by atoms with Crippen molar-refractivity contribution < 1.29 is 23.1 Å². The summed E-state index contributed by atoms with van der Waals surface area (Å²) < 4.78 is 26.6. The molecule has 0 saturated heterocycles. The summed E-state index contributed by atoms with van der Waals surface area (Å²) in [4.78, 5) is 29.7. The number of hydrogen-bond acceptors (Lipinski definition) is 5. The molecule has 0 radical (unpaired) electrons. The molecule has 0 aromatic heterocycles. The Kier molecular flexibility index (Phi) is 4.28. The monoisotopic (exact) mass is 365 g/mol. The molecule has 9 heteroatoms. The SMILES string of the molecule is CC(N=C1NS(=O)(=O)c2ccccc21)C(=O)N(C1CC1)C(C)C(=O)O. The molecule has 0 spiro atoms. The van der Waals surface area contributed by atoms with Crippen LogP contribution in [0.1, 0.15) is 32.3 Å². The van der Waals surface area contributed by atoms with Crippen LogP contribution in [-0.2, 0) is 19.6 Å². The number of sulfonamides is 1. The Balaban J connectivity index is 1.89. The molecule has 8 nitrogen and oxygen atoms in total. The first kappa shape index (κ1) is 17.4. The average molecular weight is 365 g/mol. The number of nitrogens with one attached hydrogen (secondary N) is 1. The van der Waals surface area contributed by atoms with Gasteiger partial charge in [-0.3, -0.25) is 14.5 Å². The zero-order chi connectivity index (χ0) is 18.4. The van der Waals surface area contributed by atoms with E-state index in [0.717, 1.165) is 12.8 Å². The molecule has 1 amide bonds. The summed E-state index contributed by atoms with van der Waals surface area (Å²) in [6, 6.07) is 4.44. The molecule has 2 N–H and O–H groups in total. The minimum Gasteiger partial charge on any atom is -0.480 e. The van der Waals surface area contributed by atoms with Gasteiger partial charge in [-0.2, -0.15) is 0 Å². The van der Waals surface area contributed by atoms with Gasteiger partial charge < -0.3 is 10.0 Å². The molecule has 25 heavy (non-hydrogen) atoms. The number of amidine groups is 1. The van der Waals surface area contributed by atoms with Gasteiger partial charge in [0.25, 0.3) is 10.0 Å². The Morgan fingerprint density at radius 1 is 1.28 bits per heavy atom. The van der Waals surface area contributed by atoms with E-state index in [1.54, 1.807) is 18.2 Å². The third-order valence-corrected chi connectivity index (χ3v) is 5.71. The molecule has 2 aliphatic rings. The van der Waals surface area contributed by atoms with Crippen LogP contribution < -0.4 is 4.72 Å². The molecule has 1 aromatic rings. The van der Waals surface area contributed by atoms with E-state index in [1.807, 2.05) is 0 Å². The minimum absolute atomic E-state index is 0.0891. The van der Waals surface area contributed by atoms with Gasteiger partial charge in [0.2, 0.25) is 5.91 Å². The van der Waals surface area contributed by atoms with Crippen molar-refractivity contribution in [3.63, 3.8) is 0 Å². The lowest BCUT2D eigenvalue weighted by molar-refractivity contribution is -0.150. The fourth-order valence-electron chi connectivity index (χ4n) is 2.85. The first-order valence-electron chi connectivity index (χ1n) is 7.97. The van der Waals surface area contributed by atoms with Crippen molar-refractivity contribution in [3.05, 3.63) is 29.8 Å². The van der Waals surface area contributed by atoms with Crippen LogP contribution in [0.2, 0.25) is 0 Å². The second-order valence-corrected chi connectivity index (χ2v) is 7.90. The number of rotatable bonds is 5. The number of carbonyl (C=O) groups is 2. The molecule has 1 aromatic carbocycles. The van der Waals surface area contributed by atoms with Gasteiger partial charge in [0.1, 0.15) is 17.9 Å². The van der Waals surface area contributed by atoms with Crippen molar-refractivity contribution >= 4 is 27.7 Å². The Hall–Kier alpha value is -2.42. The molecule has 1 saturated carbocycles. The van der Waals surface area contributed by atoms with E-state index in [9.17, 15) is 23.1 Å². The lowest BCUT2D eigenvalue weighted by atomic mass is 10.2. The third kappa shape index (κ3) is 3.23. The lowest BCUT2D eigenvalue weighted by Crippen LogP contribution is -2.48. The molecular weight excluding hydrogens is 346 g/mol. The predicted molar refractivity (Wildman–Crippen MR) is 89.7 cm³/mol. The standard InChI is InChI=1S/C16H19N3O5S/c1-9(15(20)19(11-7-8-11)10(2)16(21)22)17-14-12-5-3-4-6-13(12)25(23,24)18-14/h3-6,9-11H,7-8H2,1-2H3,(H,17,18)(H,21,22). The quantitative estimate of drug-likeness (QED) is 0.792. The highest BCUT2D eigenvalue weighted by molar-refractivity contribution is 7.90. The Morgan fingerprint density at radius 3 is 2.52 bits per heavy atom. The van der Waals surface area contributed by atoms with E-state index in [1.165, 1.54) is 24.8 Å². The van der Waals surface area contributed by atoms with E-state index >= 15 is 0 Å². The van der Waals surface area contributed by atoms with Crippen LogP contribution >= 0.6 is 0 Å². The summed E-state index contributed by atoms with van der Waals surface area (Å²) in [5.74, 6) is -1.39. The number of aliphatic carboxylic acids is 1. The topological polar surface area (TPSA) is 116 Å². The number of aliphatic imine (C=N–C) groups is 1. The van der Waals surface area contributed by atoms with Crippen LogP contribution in [0.15, 0.2) is 34.2 Å². The van der Waals surface area contributed by atoms with Crippen molar-refractivity contribution in [2.45, 2.75) is 49.7 Å². The first-order valence-corrected chi connectivity index (χ1v) is 9.45. The van der Waals surface area contributed by atoms with Crippen LogP contribution in [0.3, 0.4) is 0 Å². The summed E-state index contributed by atoms with van der Waals surface area (Å²) in [6.07, 6.45) is 1.53. The summed E-state index contributed by atoms with van der Waals surface area (Å²) in [7, 11) is -3.68. The second kappa shape index (κ2) is 6.14. The maximum absolute atomic E-state index is 12.7. The number of benzene rings is 1. The Morgan fingerprint density at radius 2 is 1.92 bits per heavy atom. The van der Waals surface area contributed by atoms with E-state index in [4.69, 9.17) is 0 Å². The number of carbonyl (C=O) groups excluding carboxylic acids is 1. The van der Waals surface area contributed by atoms with Crippen LogP contribution in [0.4, 0.5) is 0 Å². The Labute approximate surface area is 145 Å². The van der Waals surface area contributed by atoms with Crippen LogP contribution in [0.25, 0.3) is 0 Å². The van der Waals surface area contributed by atoms with Crippen molar-refractivity contribution in [1.29, 1.82) is 0 Å². The van der Waals surface area contributed by atoms with E-state index < -0.39 is 34.0 Å². The maximum atomic E-state index is 12.7. The number of carboxylic acids is 1. The van der Waals surface area contributed by atoms with Gasteiger partial charge >= 0.3 is 5.97 Å². The average Bonchev–Trinajstić information content (AvgIpc) is 3.34. The highest BCUT2D eigenvalue weighted by Gasteiger charge is 2.40. The van der Waals surface area contributed by atoms with Gasteiger partial charge in [-0.05, 0) is 38.8 Å². The number of carboxylic acid groups (broad SMARTS) is 1. The maximum Gasteiger partial charge on any atom is 0.326 e. The van der Waals surface area contributed by atoms with Gasteiger partial charge in [0.05, 0.1) is 4.90 Å². The van der Waals surface area contributed by atoms with Crippen LogP contribution in [0.5, 0.6) is 0 Å². The molecule has 134 valence electrons. The first-order chi connectivity index (χ1) is 11.7. The largest absolute Gasteiger partial charge is 0.480 e. The van der Waals surface area contributed by atoms with Crippen LogP contribution in [-0.4, -0.2) is 54.3 Å². The molecule has 2 unspecified atom stereocenters. The number of nitrogens with zero attached hydrogens (tertiary/aromatic N) is 2. The van der Waals surface area contributed by atoms with Gasteiger partial charge in [-0.15, -0.1) is 0 Å². The molecule has 1 heterocycles. The smallest absolute Gasteiger partial charge is 0.326 e. The van der Waals surface area contributed by atoms with Crippen molar-refractivity contribution in [3.8, 4) is 0 Å². The van der Waals surface area contributed by atoms with Crippen molar-refractivity contribution in [2.24, 2.45) is 4.99 Å². The zero-order valence-electron chi connectivity index (χ0n) is 13.8. The highest BCUT2D eigenvalue weighted by Crippen LogP contribution is 2.30. The summed E-state index contributed by atoms with van der Waals surface area (Å²) in [6.45, 7) is 3.00. The third-order valence-electron chi connectivity index (χ3n) is 4.31. The van der Waals surface area contributed by atoms with E-state index in [2.05, 4.69) is 9.71 Å². The fraction of sp³-hybridized carbons (Fsp3) is 0.438. The fourth-order valence-corrected chi connectivity index (χ4v) is 4.09. The predicted octanol–water partition coefficient (Wildman–Crippen LogP) is 0.578. The van der Waals surface area contributed by atoms with Crippen LogP contribution in [0, 0.1) is 0 Å². The molecule has 3 rings (SSSR count). The summed E-state index contributed by atoms with van der Waals surface area (Å²) in [5, 5.41) is 9.22. The summed E-state index contributed by atoms with van der Waals surface area (Å²) in [5.41, 5.74) is 0.409. The Bertz CT molecular complexity index is 860. The highest BCUT2D eigenvalue weighted by atomic mass is 32.2. The van der Waals surface area contributed by atoms with Gasteiger partial charge in [0, 0.05) is 11.6 Å². The number of amides is 1. The van der Waals surface area contributed by atoms with E-state index in [0.29, 0.717) is 5.56 Å². The van der Waals surface area contributed by atoms with Crippen molar-refractivity contribution in [2.75, 3.05) is 0 Å². The number of fused-ring (bicyclic) bond motifs is 1. The van der Waals surface area contributed by atoms with E-state index in [-0.39, 0.29) is 16.8 Å². The molecule has 1 aliphatic carbocycles. The molecule has 1 fully saturated rings. The normalized spacial score (nSPS) is 21.9. The molecule has 1 aliphatic heterocycles. The molecule has 0 bridgehead atoms. The molecule has 2 atom stereocenters. The van der Waals surface area contributed by atoms with Gasteiger partial charge in [-0.25, -0.2) is 13.2 Å². The zero-order valence-corrected chi connectivity index (χ0v) is 14.7. The van der Waals surface area contributed by atoms with Crippen molar-refractivity contribution in [1.82, 2.24) is 9.62 Å². The van der Waals surface area contributed by atoms with Gasteiger partial charge in [-0.1, -0.05) is 12.1 Å². The minimum atomic E-state index is -3.68. The molecular formula is C16H19N3O5S. The second-order valence-electron chi connectivity index (χ2n) is 6.25. The number of hydrogen-bond donors (Lipinski definition) is 2. The summed E-state index contributed by atoms with van der Waals surface area (Å²) >= 11 is 0. The lowest BCUT2D eigenvalue weighted by Gasteiger charge is -2.28.